The lowest BCUT2D eigenvalue weighted by atomic mass is 10.2. The number of thiophene rings is 1. The van der Waals surface area contributed by atoms with Crippen LogP contribution >= 0.6 is 23.1 Å². The van der Waals surface area contributed by atoms with Crippen molar-refractivity contribution >= 4 is 39.1 Å². The highest BCUT2D eigenvalue weighted by Gasteiger charge is 2.13. The maximum absolute atomic E-state index is 4.73. The molecule has 0 unspecified atom stereocenters. The van der Waals surface area contributed by atoms with E-state index in [1.807, 2.05) is 13.1 Å². The quantitative estimate of drug-likeness (QED) is 0.712. The Bertz CT molecular complexity index is 766. The van der Waals surface area contributed by atoms with Gasteiger partial charge in [-0.3, -0.25) is 0 Å². The predicted octanol–water partition coefficient (Wildman–Crippen LogP) is 4.64. The number of nitrogens with one attached hydrogen (secondary N) is 1. The van der Waals surface area contributed by atoms with Crippen LogP contribution in [0, 0.1) is 13.8 Å². The van der Waals surface area contributed by atoms with Gasteiger partial charge in [0.05, 0.1) is 11.1 Å². The van der Waals surface area contributed by atoms with Crippen molar-refractivity contribution in [1.29, 1.82) is 0 Å². The van der Waals surface area contributed by atoms with Crippen LogP contribution in [0.1, 0.15) is 16.3 Å². The van der Waals surface area contributed by atoms with E-state index in [0.29, 0.717) is 0 Å². The van der Waals surface area contributed by atoms with Crippen LogP contribution in [0.5, 0.6) is 0 Å². The number of hydrogen-bond acceptors (Lipinski definition) is 5. The van der Waals surface area contributed by atoms with Crippen molar-refractivity contribution in [2.24, 2.45) is 0 Å². The van der Waals surface area contributed by atoms with Gasteiger partial charge in [-0.2, -0.15) is 0 Å². The molecule has 21 heavy (non-hydrogen) atoms. The van der Waals surface area contributed by atoms with E-state index in [9.17, 15) is 0 Å². The van der Waals surface area contributed by atoms with Gasteiger partial charge in [-0.05, 0) is 31.5 Å². The molecular formula is C16H17N3S2. The summed E-state index contributed by atoms with van der Waals surface area (Å²) < 4.78 is 0. The number of aryl methyl sites for hydroxylation is 2. The highest BCUT2D eigenvalue weighted by molar-refractivity contribution is 7.98. The zero-order valence-electron chi connectivity index (χ0n) is 12.3. The zero-order valence-corrected chi connectivity index (χ0v) is 13.9. The van der Waals surface area contributed by atoms with Gasteiger partial charge in [0, 0.05) is 16.8 Å². The molecule has 0 bridgehead atoms. The summed E-state index contributed by atoms with van der Waals surface area (Å²) in [5, 5.41) is 4.37. The number of rotatable bonds is 4. The molecule has 0 radical (unpaired) electrons. The Hall–Kier alpha value is -1.59. The van der Waals surface area contributed by atoms with Crippen LogP contribution in [0.15, 0.2) is 35.2 Å². The number of anilines is 1. The lowest BCUT2D eigenvalue weighted by molar-refractivity contribution is 1.07. The fourth-order valence-corrected chi connectivity index (χ4v) is 4.03. The van der Waals surface area contributed by atoms with Crippen molar-refractivity contribution < 1.29 is 0 Å². The zero-order chi connectivity index (χ0) is 14.8. The number of hydrogen-bond donors (Lipinski definition) is 1. The maximum Gasteiger partial charge on any atom is 0.142 e. The summed E-state index contributed by atoms with van der Waals surface area (Å²) in [4.78, 5) is 13.0. The molecule has 108 valence electrons. The van der Waals surface area contributed by atoms with Crippen LogP contribution in [0.2, 0.25) is 0 Å². The summed E-state index contributed by atoms with van der Waals surface area (Å²) in [5.74, 6) is 2.59. The van der Waals surface area contributed by atoms with Crippen molar-refractivity contribution in [3.8, 4) is 0 Å². The highest BCUT2D eigenvalue weighted by Crippen LogP contribution is 2.33. The van der Waals surface area contributed by atoms with Gasteiger partial charge in [0.15, 0.2) is 0 Å². The highest BCUT2D eigenvalue weighted by atomic mass is 32.2. The van der Waals surface area contributed by atoms with Crippen LogP contribution in [0.4, 0.5) is 5.82 Å². The average Bonchev–Trinajstić information content (AvgIpc) is 2.80. The van der Waals surface area contributed by atoms with E-state index in [1.54, 1.807) is 23.1 Å². The first-order chi connectivity index (χ1) is 10.2. The Morgan fingerprint density at radius 1 is 1.14 bits per heavy atom. The van der Waals surface area contributed by atoms with Crippen LogP contribution in [-0.4, -0.2) is 17.0 Å². The minimum atomic E-state index is 0.782. The fraction of sp³-hybridized carbons (Fsp3) is 0.250. The molecule has 0 amide bonds. The van der Waals surface area contributed by atoms with Crippen molar-refractivity contribution in [2.45, 2.75) is 24.5 Å². The van der Waals surface area contributed by atoms with Gasteiger partial charge in [-0.15, -0.1) is 23.1 Å². The van der Waals surface area contributed by atoms with Gasteiger partial charge in [0.2, 0.25) is 0 Å². The molecule has 0 saturated heterocycles. The number of aromatic nitrogens is 2. The topological polar surface area (TPSA) is 37.8 Å². The Morgan fingerprint density at radius 3 is 2.62 bits per heavy atom. The number of benzene rings is 1. The maximum atomic E-state index is 4.73. The molecule has 0 aliphatic rings. The molecule has 0 spiro atoms. The standard InChI is InChI=1S/C16H17N3S2/c1-10-11(2)21-16-14(10)15(17-3)18-13(19-16)9-20-12-7-5-4-6-8-12/h4-8H,9H2,1-3H3,(H,17,18,19). The number of thioether (sulfide) groups is 1. The average molecular weight is 315 g/mol. The Balaban J connectivity index is 1.93. The van der Waals surface area contributed by atoms with Crippen molar-refractivity contribution in [3.05, 3.63) is 46.6 Å². The molecule has 5 heteroatoms. The first kappa shape index (κ1) is 14.4. The van der Waals surface area contributed by atoms with Crippen LogP contribution in [-0.2, 0) is 5.75 Å². The van der Waals surface area contributed by atoms with E-state index in [0.717, 1.165) is 27.6 Å². The SMILES string of the molecule is CNc1nc(CSc2ccccc2)nc2sc(C)c(C)c12. The Morgan fingerprint density at radius 2 is 1.90 bits per heavy atom. The summed E-state index contributed by atoms with van der Waals surface area (Å²) in [6, 6.07) is 10.4. The first-order valence-electron chi connectivity index (χ1n) is 6.81. The summed E-state index contributed by atoms with van der Waals surface area (Å²) in [7, 11) is 1.92. The van der Waals surface area contributed by atoms with Gasteiger partial charge in [0.25, 0.3) is 0 Å². The molecular weight excluding hydrogens is 298 g/mol. The molecule has 1 aromatic carbocycles. The van der Waals surface area contributed by atoms with Crippen LogP contribution in [0.3, 0.4) is 0 Å². The molecule has 3 aromatic rings. The van der Waals surface area contributed by atoms with E-state index in [4.69, 9.17) is 4.98 Å². The minimum Gasteiger partial charge on any atom is -0.372 e. The molecule has 3 rings (SSSR count). The van der Waals surface area contributed by atoms with Crippen molar-refractivity contribution in [2.75, 3.05) is 12.4 Å². The summed E-state index contributed by atoms with van der Waals surface area (Å²) >= 11 is 3.51. The van der Waals surface area contributed by atoms with Gasteiger partial charge >= 0.3 is 0 Å². The van der Waals surface area contributed by atoms with Gasteiger partial charge in [-0.1, -0.05) is 18.2 Å². The van der Waals surface area contributed by atoms with Crippen molar-refractivity contribution in [1.82, 2.24) is 9.97 Å². The van der Waals surface area contributed by atoms with E-state index in [-0.39, 0.29) is 0 Å². The molecule has 0 fully saturated rings. The molecule has 1 N–H and O–H groups in total. The van der Waals surface area contributed by atoms with E-state index in [2.05, 4.69) is 48.4 Å². The number of nitrogens with zero attached hydrogens (tertiary/aromatic N) is 2. The third-order valence-corrected chi connectivity index (χ3v) is 5.53. The van der Waals surface area contributed by atoms with Crippen LogP contribution < -0.4 is 5.32 Å². The summed E-state index contributed by atoms with van der Waals surface area (Å²) in [6.07, 6.45) is 0. The Kier molecular flexibility index (Phi) is 4.12. The van der Waals surface area contributed by atoms with E-state index in [1.165, 1.54) is 15.3 Å². The van der Waals surface area contributed by atoms with Crippen LogP contribution in [0.25, 0.3) is 10.2 Å². The molecule has 0 saturated carbocycles. The Labute approximate surface area is 132 Å². The van der Waals surface area contributed by atoms with E-state index < -0.39 is 0 Å². The van der Waals surface area contributed by atoms with Gasteiger partial charge in [-0.25, -0.2) is 9.97 Å². The second kappa shape index (κ2) is 6.03. The smallest absolute Gasteiger partial charge is 0.142 e. The lowest BCUT2D eigenvalue weighted by Gasteiger charge is -2.06. The molecule has 0 atom stereocenters. The van der Waals surface area contributed by atoms with Gasteiger partial charge < -0.3 is 5.32 Å². The third-order valence-electron chi connectivity index (χ3n) is 3.42. The third kappa shape index (κ3) is 2.89. The van der Waals surface area contributed by atoms with E-state index >= 15 is 0 Å². The molecule has 0 aliphatic heterocycles. The van der Waals surface area contributed by atoms with Crippen molar-refractivity contribution in [3.63, 3.8) is 0 Å². The fourth-order valence-electron chi connectivity index (χ4n) is 2.20. The number of fused-ring (bicyclic) bond motifs is 1. The molecule has 3 nitrogen and oxygen atoms in total. The second-order valence-corrected chi connectivity index (χ2v) is 7.06. The predicted molar refractivity (Wildman–Crippen MR) is 92.4 cm³/mol. The molecule has 0 aliphatic carbocycles. The second-order valence-electron chi connectivity index (χ2n) is 4.80. The minimum absolute atomic E-state index is 0.782. The largest absolute Gasteiger partial charge is 0.372 e. The monoisotopic (exact) mass is 315 g/mol. The first-order valence-corrected chi connectivity index (χ1v) is 8.61. The molecule has 2 heterocycles. The summed E-state index contributed by atoms with van der Waals surface area (Å²) in [6.45, 7) is 4.27. The van der Waals surface area contributed by atoms with Gasteiger partial charge in [0.1, 0.15) is 16.5 Å². The normalized spacial score (nSPS) is 11.0. The lowest BCUT2D eigenvalue weighted by Crippen LogP contribution is -2.00. The molecule has 2 aromatic heterocycles. The summed E-state index contributed by atoms with van der Waals surface area (Å²) in [5.41, 5.74) is 1.28.